The molecular formula is C15H16. The molecule has 0 bridgehead atoms. The van der Waals surface area contributed by atoms with Gasteiger partial charge < -0.3 is 0 Å². The Morgan fingerprint density at radius 1 is 0.933 bits per heavy atom. The summed E-state index contributed by atoms with van der Waals surface area (Å²) in [6.07, 6.45) is 5.28. The first-order chi connectivity index (χ1) is 7.36. The largest absolute Gasteiger partial charge is 0.0616 e. The van der Waals surface area contributed by atoms with Crippen molar-refractivity contribution in [2.24, 2.45) is 0 Å². The average molecular weight is 196 g/mol. The van der Waals surface area contributed by atoms with Gasteiger partial charge in [-0.2, -0.15) is 0 Å². The minimum Gasteiger partial charge on any atom is -0.0616 e. The fraction of sp³-hybridized carbons (Fsp3) is 0.333. The highest BCUT2D eigenvalue weighted by Crippen LogP contribution is 2.31. The molecule has 0 heterocycles. The van der Waals surface area contributed by atoms with Crippen LogP contribution in [0.25, 0.3) is 10.8 Å². The van der Waals surface area contributed by atoms with Crippen LogP contribution in [-0.2, 0) is 12.8 Å². The number of hydrogen-bond donors (Lipinski definition) is 0. The molecule has 0 spiro atoms. The second kappa shape index (κ2) is 3.37. The van der Waals surface area contributed by atoms with Gasteiger partial charge in [0.05, 0.1) is 0 Å². The van der Waals surface area contributed by atoms with E-state index in [-0.39, 0.29) is 0 Å². The maximum Gasteiger partial charge on any atom is -0.0147 e. The van der Waals surface area contributed by atoms with Gasteiger partial charge in [0, 0.05) is 0 Å². The summed E-state index contributed by atoms with van der Waals surface area (Å²) in [6.45, 7) is 2.23. The highest BCUT2D eigenvalue weighted by atomic mass is 14.2. The lowest BCUT2D eigenvalue weighted by molar-refractivity contribution is 0.689. The van der Waals surface area contributed by atoms with E-state index in [2.05, 4.69) is 37.3 Å². The molecule has 1 aliphatic carbocycles. The standard InChI is InChI=1S/C15H16/c1-11-10-12-6-2-3-8-14(12)15-9-5-4-7-13(11)15/h4-5,7,9-10H,2-3,6,8H2,1H3. The Hall–Kier alpha value is -1.30. The Balaban J connectivity index is 2.39. The first-order valence-corrected chi connectivity index (χ1v) is 5.86. The number of rotatable bonds is 0. The van der Waals surface area contributed by atoms with Gasteiger partial charge in [0.15, 0.2) is 0 Å². The van der Waals surface area contributed by atoms with Crippen molar-refractivity contribution in [2.75, 3.05) is 0 Å². The molecule has 3 rings (SSSR count). The van der Waals surface area contributed by atoms with Crippen molar-refractivity contribution >= 4 is 10.8 Å². The van der Waals surface area contributed by atoms with E-state index in [1.807, 2.05) is 0 Å². The van der Waals surface area contributed by atoms with Gasteiger partial charge >= 0.3 is 0 Å². The van der Waals surface area contributed by atoms with E-state index in [1.165, 1.54) is 42.0 Å². The van der Waals surface area contributed by atoms with Crippen LogP contribution in [0.3, 0.4) is 0 Å². The highest BCUT2D eigenvalue weighted by Gasteiger charge is 2.13. The molecule has 0 heteroatoms. The van der Waals surface area contributed by atoms with Crippen LogP contribution in [0.15, 0.2) is 30.3 Å². The van der Waals surface area contributed by atoms with Gasteiger partial charge in [-0.1, -0.05) is 30.3 Å². The Morgan fingerprint density at radius 3 is 2.53 bits per heavy atom. The van der Waals surface area contributed by atoms with Crippen molar-refractivity contribution < 1.29 is 0 Å². The first-order valence-electron chi connectivity index (χ1n) is 5.86. The second-order valence-corrected chi connectivity index (χ2v) is 4.58. The molecule has 1 aliphatic rings. The summed E-state index contributed by atoms with van der Waals surface area (Å²) < 4.78 is 0. The van der Waals surface area contributed by atoms with Gasteiger partial charge in [-0.25, -0.2) is 0 Å². The van der Waals surface area contributed by atoms with Crippen molar-refractivity contribution in [1.29, 1.82) is 0 Å². The van der Waals surface area contributed by atoms with E-state index < -0.39 is 0 Å². The zero-order valence-electron chi connectivity index (χ0n) is 9.22. The van der Waals surface area contributed by atoms with Crippen molar-refractivity contribution in [1.82, 2.24) is 0 Å². The van der Waals surface area contributed by atoms with Crippen LogP contribution in [0.1, 0.15) is 29.5 Å². The zero-order chi connectivity index (χ0) is 10.3. The molecule has 0 unspecified atom stereocenters. The summed E-state index contributed by atoms with van der Waals surface area (Å²) in [5.74, 6) is 0. The van der Waals surface area contributed by atoms with Crippen molar-refractivity contribution in [3.63, 3.8) is 0 Å². The second-order valence-electron chi connectivity index (χ2n) is 4.58. The predicted octanol–water partition coefficient (Wildman–Crippen LogP) is 4.03. The maximum absolute atomic E-state index is 2.40. The molecule has 2 aromatic carbocycles. The molecule has 0 radical (unpaired) electrons. The third-order valence-electron chi connectivity index (χ3n) is 3.58. The highest BCUT2D eigenvalue weighted by molar-refractivity contribution is 5.89. The summed E-state index contributed by atoms with van der Waals surface area (Å²) in [7, 11) is 0. The minimum absolute atomic E-state index is 1.27. The smallest absolute Gasteiger partial charge is 0.0147 e. The first kappa shape index (κ1) is 8.96. The van der Waals surface area contributed by atoms with Crippen molar-refractivity contribution in [2.45, 2.75) is 32.6 Å². The van der Waals surface area contributed by atoms with Gasteiger partial charge in [0.25, 0.3) is 0 Å². The van der Waals surface area contributed by atoms with Crippen LogP contribution in [-0.4, -0.2) is 0 Å². The third-order valence-corrected chi connectivity index (χ3v) is 3.58. The van der Waals surface area contributed by atoms with Gasteiger partial charge in [-0.3, -0.25) is 0 Å². The normalized spacial score (nSPS) is 15.3. The quantitative estimate of drug-likeness (QED) is 0.597. The Labute approximate surface area is 90.9 Å². The fourth-order valence-corrected chi connectivity index (χ4v) is 2.82. The molecule has 0 nitrogen and oxygen atoms in total. The van der Waals surface area contributed by atoms with Crippen LogP contribution in [0.2, 0.25) is 0 Å². The molecule has 76 valence electrons. The van der Waals surface area contributed by atoms with Crippen LogP contribution < -0.4 is 0 Å². The van der Waals surface area contributed by atoms with E-state index in [9.17, 15) is 0 Å². The monoisotopic (exact) mass is 196 g/mol. The molecule has 0 amide bonds. The SMILES string of the molecule is Cc1cc2c(c3ccccc13)CCCC2. The lowest BCUT2D eigenvalue weighted by Crippen LogP contribution is -2.04. The summed E-state index contributed by atoms with van der Waals surface area (Å²) in [6, 6.07) is 11.2. The van der Waals surface area contributed by atoms with Crippen molar-refractivity contribution in [3.8, 4) is 0 Å². The summed E-state index contributed by atoms with van der Waals surface area (Å²) in [5.41, 5.74) is 4.64. The van der Waals surface area contributed by atoms with E-state index in [4.69, 9.17) is 0 Å². The topological polar surface area (TPSA) is 0 Å². The Morgan fingerprint density at radius 2 is 1.67 bits per heavy atom. The van der Waals surface area contributed by atoms with Gasteiger partial charge in [-0.05, 0) is 60.1 Å². The molecule has 15 heavy (non-hydrogen) atoms. The molecule has 0 N–H and O–H groups in total. The maximum atomic E-state index is 2.40. The molecule has 0 saturated carbocycles. The van der Waals surface area contributed by atoms with Crippen LogP contribution in [0.4, 0.5) is 0 Å². The molecule has 2 aromatic rings. The van der Waals surface area contributed by atoms with Gasteiger partial charge in [-0.15, -0.1) is 0 Å². The third kappa shape index (κ3) is 1.36. The van der Waals surface area contributed by atoms with E-state index in [0.29, 0.717) is 0 Å². The lowest BCUT2D eigenvalue weighted by atomic mass is 9.86. The molecule has 0 aliphatic heterocycles. The van der Waals surface area contributed by atoms with Crippen LogP contribution in [0.5, 0.6) is 0 Å². The summed E-state index contributed by atoms with van der Waals surface area (Å²) >= 11 is 0. The molecule has 0 saturated heterocycles. The predicted molar refractivity (Wildman–Crippen MR) is 65.3 cm³/mol. The number of fused-ring (bicyclic) bond motifs is 3. The number of aryl methyl sites for hydroxylation is 3. The van der Waals surface area contributed by atoms with Gasteiger partial charge in [0.1, 0.15) is 0 Å². The van der Waals surface area contributed by atoms with Crippen LogP contribution >= 0.6 is 0 Å². The molecule has 0 atom stereocenters. The molecular weight excluding hydrogens is 180 g/mol. The van der Waals surface area contributed by atoms with Crippen molar-refractivity contribution in [3.05, 3.63) is 47.0 Å². The number of hydrogen-bond acceptors (Lipinski definition) is 0. The number of benzene rings is 2. The lowest BCUT2D eigenvalue weighted by Gasteiger charge is -2.19. The van der Waals surface area contributed by atoms with E-state index in [1.54, 1.807) is 11.1 Å². The Kier molecular flexibility index (Phi) is 2.02. The fourth-order valence-electron chi connectivity index (χ4n) is 2.82. The van der Waals surface area contributed by atoms with Crippen LogP contribution in [0, 0.1) is 6.92 Å². The summed E-state index contributed by atoms with van der Waals surface area (Å²) in [5, 5.41) is 2.94. The van der Waals surface area contributed by atoms with E-state index in [0.717, 1.165) is 0 Å². The molecule has 0 aromatic heterocycles. The van der Waals surface area contributed by atoms with E-state index >= 15 is 0 Å². The average Bonchev–Trinajstić information content (AvgIpc) is 2.30. The summed E-state index contributed by atoms with van der Waals surface area (Å²) in [4.78, 5) is 0. The Bertz CT molecular complexity index is 509. The molecule has 0 fully saturated rings. The van der Waals surface area contributed by atoms with Gasteiger partial charge in [0.2, 0.25) is 0 Å². The zero-order valence-corrected chi connectivity index (χ0v) is 9.22. The minimum atomic E-state index is 1.27.